The van der Waals surface area contributed by atoms with Gasteiger partial charge < -0.3 is 10.6 Å². The van der Waals surface area contributed by atoms with E-state index in [0.29, 0.717) is 0 Å². The number of aromatic nitrogens is 1. The Kier molecular flexibility index (Phi) is 5.89. The lowest BCUT2D eigenvalue weighted by Gasteiger charge is -2.25. The summed E-state index contributed by atoms with van der Waals surface area (Å²) in [5.41, 5.74) is 2.41. The Labute approximate surface area is 159 Å². The molecule has 0 aliphatic rings. The van der Waals surface area contributed by atoms with Crippen molar-refractivity contribution in [3.8, 4) is 0 Å². The monoisotopic (exact) mass is 366 g/mol. The molecule has 2 aromatic heterocycles. The lowest BCUT2D eigenvalue weighted by Crippen LogP contribution is -2.43. The molecular formula is C21H26N4S. The van der Waals surface area contributed by atoms with Gasteiger partial charge in [-0.15, -0.1) is 11.3 Å². The molecule has 0 radical (unpaired) electrons. The van der Waals surface area contributed by atoms with Crippen LogP contribution in [0.1, 0.15) is 24.3 Å². The quantitative estimate of drug-likeness (QED) is 0.512. The molecule has 136 valence electrons. The van der Waals surface area contributed by atoms with Gasteiger partial charge in [-0.05, 0) is 29.5 Å². The van der Waals surface area contributed by atoms with Gasteiger partial charge in [-0.2, -0.15) is 0 Å². The lowest BCUT2D eigenvalue weighted by molar-refractivity contribution is 0.518. The average Bonchev–Trinajstić information content (AvgIpc) is 3.20. The van der Waals surface area contributed by atoms with E-state index in [1.165, 1.54) is 15.8 Å². The molecule has 3 aromatic rings. The first-order valence-electron chi connectivity index (χ1n) is 8.91. The zero-order valence-electron chi connectivity index (χ0n) is 15.6. The number of guanidine groups is 1. The van der Waals surface area contributed by atoms with Crippen LogP contribution in [-0.4, -0.2) is 31.1 Å². The number of nitrogens with one attached hydrogen (secondary N) is 2. The van der Waals surface area contributed by atoms with E-state index in [-0.39, 0.29) is 5.41 Å². The Bertz CT molecular complexity index is 863. The van der Waals surface area contributed by atoms with Crippen LogP contribution in [0.4, 0.5) is 0 Å². The predicted octanol–water partition coefficient (Wildman–Crippen LogP) is 3.98. The van der Waals surface area contributed by atoms with Crippen LogP contribution in [0.3, 0.4) is 0 Å². The van der Waals surface area contributed by atoms with Gasteiger partial charge in [0.15, 0.2) is 5.96 Å². The molecular weight excluding hydrogens is 340 g/mol. The van der Waals surface area contributed by atoms with Crippen LogP contribution in [0.2, 0.25) is 0 Å². The molecule has 5 heteroatoms. The van der Waals surface area contributed by atoms with Gasteiger partial charge in [0.2, 0.25) is 0 Å². The second kappa shape index (κ2) is 8.32. The molecule has 4 nitrogen and oxygen atoms in total. The molecule has 0 saturated carbocycles. The number of aliphatic imine (C=N–C) groups is 1. The molecule has 2 N–H and O–H groups in total. The van der Waals surface area contributed by atoms with E-state index < -0.39 is 0 Å². The van der Waals surface area contributed by atoms with Gasteiger partial charge in [-0.25, -0.2) is 0 Å². The van der Waals surface area contributed by atoms with Gasteiger partial charge >= 0.3 is 0 Å². The molecule has 1 aromatic carbocycles. The van der Waals surface area contributed by atoms with Crippen molar-refractivity contribution in [2.75, 3.05) is 20.1 Å². The molecule has 0 spiro atoms. The third-order valence-electron chi connectivity index (χ3n) is 4.51. The molecule has 2 heterocycles. The molecule has 0 unspecified atom stereocenters. The molecule has 0 aliphatic heterocycles. The fourth-order valence-electron chi connectivity index (χ4n) is 2.96. The van der Waals surface area contributed by atoms with Gasteiger partial charge in [0.05, 0.1) is 5.52 Å². The minimum Gasteiger partial charge on any atom is -0.356 e. The standard InChI is InChI=1S/C21H26N4S/c1-21(2,18-10-6-14-26-18)15-25-20(22-3)24-13-11-17-8-4-7-16-9-5-12-23-19(16)17/h4-10,12,14H,11,13,15H2,1-3H3,(H2,22,24,25). The Morgan fingerprint density at radius 3 is 2.73 bits per heavy atom. The number of thiophene rings is 1. The second-order valence-electron chi connectivity index (χ2n) is 6.96. The second-order valence-corrected chi connectivity index (χ2v) is 7.90. The van der Waals surface area contributed by atoms with Crippen LogP contribution in [0.15, 0.2) is 59.0 Å². The number of hydrogen-bond acceptors (Lipinski definition) is 3. The van der Waals surface area contributed by atoms with Crippen molar-refractivity contribution in [3.05, 3.63) is 64.5 Å². The van der Waals surface area contributed by atoms with Gasteiger partial charge in [0.25, 0.3) is 0 Å². The highest BCUT2D eigenvalue weighted by molar-refractivity contribution is 7.10. The zero-order chi connectivity index (χ0) is 18.4. The topological polar surface area (TPSA) is 49.3 Å². The highest BCUT2D eigenvalue weighted by atomic mass is 32.1. The normalized spacial score (nSPS) is 12.3. The van der Waals surface area contributed by atoms with Gasteiger partial charge in [0.1, 0.15) is 0 Å². The van der Waals surface area contributed by atoms with Crippen LogP contribution in [-0.2, 0) is 11.8 Å². The van der Waals surface area contributed by atoms with E-state index >= 15 is 0 Å². The molecule has 0 fully saturated rings. The summed E-state index contributed by atoms with van der Waals surface area (Å²) >= 11 is 1.80. The molecule has 0 amide bonds. The van der Waals surface area contributed by atoms with Crippen molar-refractivity contribution in [2.45, 2.75) is 25.7 Å². The van der Waals surface area contributed by atoms with Crippen LogP contribution < -0.4 is 10.6 Å². The molecule has 26 heavy (non-hydrogen) atoms. The summed E-state index contributed by atoms with van der Waals surface area (Å²) in [5.74, 6) is 0.836. The van der Waals surface area contributed by atoms with Crippen LogP contribution in [0.25, 0.3) is 10.9 Å². The highest BCUT2D eigenvalue weighted by Gasteiger charge is 2.21. The number of rotatable bonds is 6. The van der Waals surface area contributed by atoms with Gasteiger partial charge in [-0.3, -0.25) is 9.98 Å². The van der Waals surface area contributed by atoms with E-state index in [2.05, 4.69) is 76.2 Å². The fourth-order valence-corrected chi connectivity index (χ4v) is 3.81. The summed E-state index contributed by atoms with van der Waals surface area (Å²) in [6.07, 6.45) is 2.76. The molecule has 0 bridgehead atoms. The maximum Gasteiger partial charge on any atom is 0.191 e. The minimum absolute atomic E-state index is 0.0747. The molecule has 0 aliphatic carbocycles. The zero-order valence-corrected chi connectivity index (χ0v) is 16.4. The number of fused-ring (bicyclic) bond motifs is 1. The maximum absolute atomic E-state index is 4.52. The van der Waals surface area contributed by atoms with Crippen molar-refractivity contribution >= 4 is 28.2 Å². The molecule has 0 atom stereocenters. The van der Waals surface area contributed by atoms with Crippen molar-refractivity contribution in [1.82, 2.24) is 15.6 Å². The van der Waals surface area contributed by atoms with E-state index in [1.54, 1.807) is 11.3 Å². The van der Waals surface area contributed by atoms with Crippen LogP contribution in [0, 0.1) is 0 Å². The van der Waals surface area contributed by atoms with Crippen molar-refractivity contribution in [1.29, 1.82) is 0 Å². The van der Waals surface area contributed by atoms with Crippen molar-refractivity contribution in [2.24, 2.45) is 4.99 Å². The number of nitrogens with zero attached hydrogens (tertiary/aromatic N) is 2. The molecule has 3 rings (SSSR count). The smallest absolute Gasteiger partial charge is 0.191 e. The lowest BCUT2D eigenvalue weighted by atomic mass is 9.91. The summed E-state index contributed by atoms with van der Waals surface area (Å²) in [6, 6.07) is 14.7. The third kappa shape index (κ3) is 4.41. The van der Waals surface area contributed by atoms with Crippen LogP contribution in [0.5, 0.6) is 0 Å². The summed E-state index contributed by atoms with van der Waals surface area (Å²) < 4.78 is 0. The summed E-state index contributed by atoms with van der Waals surface area (Å²) in [6.45, 7) is 6.15. The fraction of sp³-hybridized carbons (Fsp3) is 0.333. The largest absolute Gasteiger partial charge is 0.356 e. The third-order valence-corrected chi connectivity index (χ3v) is 5.75. The maximum atomic E-state index is 4.52. The minimum atomic E-state index is 0.0747. The van der Waals surface area contributed by atoms with E-state index in [9.17, 15) is 0 Å². The highest BCUT2D eigenvalue weighted by Crippen LogP contribution is 2.26. The number of hydrogen-bond donors (Lipinski definition) is 2. The first-order valence-corrected chi connectivity index (χ1v) is 9.79. The summed E-state index contributed by atoms with van der Waals surface area (Å²) in [5, 5.41) is 10.2. The summed E-state index contributed by atoms with van der Waals surface area (Å²) in [7, 11) is 1.81. The predicted molar refractivity (Wildman–Crippen MR) is 112 cm³/mol. The Morgan fingerprint density at radius 2 is 1.96 bits per heavy atom. The Morgan fingerprint density at radius 1 is 1.12 bits per heavy atom. The number of pyridine rings is 1. The van der Waals surface area contributed by atoms with Crippen molar-refractivity contribution in [3.63, 3.8) is 0 Å². The van der Waals surface area contributed by atoms with Gasteiger partial charge in [-0.1, -0.05) is 44.2 Å². The van der Waals surface area contributed by atoms with E-state index in [0.717, 1.165) is 31.0 Å². The number of para-hydroxylation sites is 1. The number of benzene rings is 1. The van der Waals surface area contributed by atoms with Crippen molar-refractivity contribution < 1.29 is 0 Å². The van der Waals surface area contributed by atoms with Gasteiger partial charge in [0, 0.05) is 42.0 Å². The average molecular weight is 367 g/mol. The van der Waals surface area contributed by atoms with E-state index in [1.807, 2.05) is 19.3 Å². The summed E-state index contributed by atoms with van der Waals surface area (Å²) in [4.78, 5) is 10.2. The molecule has 0 saturated heterocycles. The first-order chi connectivity index (χ1) is 12.6. The Hall–Kier alpha value is -2.40. The SMILES string of the molecule is CN=C(NCCc1cccc2cccnc12)NCC(C)(C)c1cccs1. The Balaban J connectivity index is 1.54. The van der Waals surface area contributed by atoms with Crippen LogP contribution >= 0.6 is 11.3 Å². The first kappa shape index (κ1) is 18.4. The van der Waals surface area contributed by atoms with E-state index in [4.69, 9.17) is 0 Å².